The lowest BCUT2D eigenvalue weighted by molar-refractivity contribution is 0.100. The van der Waals surface area contributed by atoms with Gasteiger partial charge in [-0.25, -0.2) is 4.99 Å². The molecule has 3 rings (SSSR count). The lowest BCUT2D eigenvalue weighted by Crippen LogP contribution is -2.13. The number of hydrogen-bond donors (Lipinski definition) is 2. The van der Waals surface area contributed by atoms with E-state index in [1.807, 2.05) is 18.2 Å². The van der Waals surface area contributed by atoms with Crippen LogP contribution in [0.15, 0.2) is 41.4 Å². The first kappa shape index (κ1) is 18.9. The molecule has 27 heavy (non-hydrogen) atoms. The zero-order valence-electron chi connectivity index (χ0n) is 15.5. The standard InChI is InChI=1S/C21H21ClN4O/c1-12-7-16(8-13(2)14(12)3)11-24-21-19(20(23)27)18(25-26-21)10-15-5-4-6-17(22)9-15/h4-9,11H,10H2,1-3H3,(H2,23,27)(H,25,26). The van der Waals surface area contributed by atoms with Crippen molar-refractivity contribution >= 4 is 29.5 Å². The molecule has 0 saturated carbocycles. The molecule has 0 aliphatic carbocycles. The van der Waals surface area contributed by atoms with Gasteiger partial charge in [0.05, 0.1) is 5.69 Å². The molecule has 0 fully saturated rings. The van der Waals surface area contributed by atoms with Crippen LogP contribution in [-0.2, 0) is 6.42 Å². The molecule has 0 unspecified atom stereocenters. The van der Waals surface area contributed by atoms with E-state index in [-0.39, 0.29) is 5.82 Å². The molecule has 6 heteroatoms. The summed E-state index contributed by atoms with van der Waals surface area (Å²) < 4.78 is 0. The summed E-state index contributed by atoms with van der Waals surface area (Å²) in [4.78, 5) is 16.4. The minimum Gasteiger partial charge on any atom is -0.365 e. The van der Waals surface area contributed by atoms with Crippen LogP contribution in [0.5, 0.6) is 0 Å². The first-order chi connectivity index (χ1) is 12.8. The van der Waals surface area contributed by atoms with Crippen LogP contribution in [0.25, 0.3) is 0 Å². The van der Waals surface area contributed by atoms with Gasteiger partial charge in [0.25, 0.3) is 5.91 Å². The van der Waals surface area contributed by atoms with E-state index in [1.54, 1.807) is 12.3 Å². The number of nitrogens with one attached hydrogen (secondary N) is 1. The van der Waals surface area contributed by atoms with Crippen LogP contribution < -0.4 is 5.73 Å². The highest BCUT2D eigenvalue weighted by Gasteiger charge is 2.18. The minimum absolute atomic E-state index is 0.287. The Bertz CT molecular complexity index is 1010. The van der Waals surface area contributed by atoms with Crippen molar-refractivity contribution in [3.8, 4) is 0 Å². The number of primary amides is 1. The second kappa shape index (κ2) is 7.76. The smallest absolute Gasteiger partial charge is 0.254 e. The Morgan fingerprint density at radius 1 is 1.22 bits per heavy atom. The number of rotatable bonds is 5. The summed E-state index contributed by atoms with van der Waals surface area (Å²) in [7, 11) is 0. The maximum atomic E-state index is 12.0. The fourth-order valence-electron chi connectivity index (χ4n) is 2.98. The summed E-state index contributed by atoms with van der Waals surface area (Å²) in [5.41, 5.74) is 12.0. The lowest BCUT2D eigenvalue weighted by Gasteiger charge is -2.05. The highest BCUT2D eigenvalue weighted by atomic mass is 35.5. The Morgan fingerprint density at radius 2 is 1.93 bits per heavy atom. The molecule has 3 N–H and O–H groups in total. The number of nitrogens with zero attached hydrogens (tertiary/aromatic N) is 2. The summed E-state index contributed by atoms with van der Waals surface area (Å²) in [6, 6.07) is 11.5. The molecule has 0 aliphatic heterocycles. The number of halogens is 1. The van der Waals surface area contributed by atoms with Crippen molar-refractivity contribution in [2.24, 2.45) is 10.7 Å². The number of aryl methyl sites for hydroxylation is 2. The van der Waals surface area contributed by atoms with E-state index in [0.29, 0.717) is 22.7 Å². The van der Waals surface area contributed by atoms with E-state index >= 15 is 0 Å². The fourth-order valence-corrected chi connectivity index (χ4v) is 3.19. The van der Waals surface area contributed by atoms with Crippen LogP contribution in [0.1, 0.15) is 43.9 Å². The van der Waals surface area contributed by atoms with E-state index in [9.17, 15) is 4.79 Å². The number of H-pyrrole nitrogens is 1. The summed E-state index contributed by atoms with van der Waals surface area (Å²) in [5, 5.41) is 7.70. The number of nitrogens with two attached hydrogens (primary N) is 1. The van der Waals surface area contributed by atoms with Gasteiger partial charge in [-0.15, -0.1) is 0 Å². The second-order valence-corrected chi connectivity index (χ2v) is 7.05. The maximum absolute atomic E-state index is 12.0. The third-order valence-corrected chi connectivity index (χ3v) is 4.86. The lowest BCUT2D eigenvalue weighted by atomic mass is 10.0. The van der Waals surface area contributed by atoms with Gasteiger partial charge in [-0.3, -0.25) is 9.89 Å². The van der Waals surface area contributed by atoms with E-state index in [1.165, 1.54) is 16.7 Å². The first-order valence-corrected chi connectivity index (χ1v) is 8.96. The molecule has 1 amide bonds. The van der Waals surface area contributed by atoms with Crippen molar-refractivity contribution in [3.63, 3.8) is 0 Å². The third-order valence-electron chi connectivity index (χ3n) is 4.62. The molecule has 3 aromatic rings. The normalized spacial score (nSPS) is 11.3. The van der Waals surface area contributed by atoms with Gasteiger partial charge in [0.2, 0.25) is 0 Å². The molecule has 0 atom stereocenters. The van der Waals surface area contributed by atoms with Crippen molar-refractivity contribution in [2.45, 2.75) is 27.2 Å². The third kappa shape index (κ3) is 4.26. The van der Waals surface area contributed by atoms with Gasteiger partial charge in [0.15, 0.2) is 5.82 Å². The highest BCUT2D eigenvalue weighted by Crippen LogP contribution is 2.23. The van der Waals surface area contributed by atoms with Crippen molar-refractivity contribution in [3.05, 3.63) is 80.5 Å². The van der Waals surface area contributed by atoms with Gasteiger partial charge in [-0.2, -0.15) is 5.10 Å². The SMILES string of the molecule is Cc1cc(C=Nc2n[nH]c(Cc3cccc(Cl)c3)c2C(N)=O)cc(C)c1C. The van der Waals surface area contributed by atoms with Gasteiger partial charge in [-0.05, 0) is 60.7 Å². The Kier molecular flexibility index (Phi) is 5.42. The minimum atomic E-state index is -0.566. The Hall–Kier alpha value is -2.92. The monoisotopic (exact) mass is 380 g/mol. The predicted molar refractivity (Wildman–Crippen MR) is 109 cm³/mol. The molecule has 2 aromatic carbocycles. The number of aromatic nitrogens is 2. The van der Waals surface area contributed by atoms with Crippen LogP contribution in [0.4, 0.5) is 5.82 Å². The van der Waals surface area contributed by atoms with Gasteiger partial charge >= 0.3 is 0 Å². The highest BCUT2D eigenvalue weighted by molar-refractivity contribution is 6.30. The number of benzene rings is 2. The van der Waals surface area contributed by atoms with Crippen molar-refractivity contribution in [1.82, 2.24) is 10.2 Å². The molecular weight excluding hydrogens is 360 g/mol. The number of amides is 1. The molecule has 0 saturated heterocycles. The number of carbonyl (C=O) groups is 1. The number of hydrogen-bond acceptors (Lipinski definition) is 3. The molecule has 0 spiro atoms. The molecule has 0 radical (unpaired) electrons. The average Bonchev–Trinajstić information content (AvgIpc) is 3.00. The first-order valence-electron chi connectivity index (χ1n) is 8.58. The summed E-state index contributed by atoms with van der Waals surface area (Å²) in [6.07, 6.45) is 2.16. The molecule has 138 valence electrons. The largest absolute Gasteiger partial charge is 0.365 e. The van der Waals surface area contributed by atoms with Crippen LogP contribution in [0, 0.1) is 20.8 Å². The van der Waals surface area contributed by atoms with Gasteiger partial charge in [0, 0.05) is 17.7 Å². The van der Waals surface area contributed by atoms with Crippen LogP contribution in [0.2, 0.25) is 5.02 Å². The Labute approximate surface area is 163 Å². The van der Waals surface area contributed by atoms with Crippen LogP contribution in [0.3, 0.4) is 0 Å². The van der Waals surface area contributed by atoms with Crippen molar-refractivity contribution in [2.75, 3.05) is 0 Å². The van der Waals surface area contributed by atoms with Crippen molar-refractivity contribution < 1.29 is 4.79 Å². The van der Waals surface area contributed by atoms with Crippen molar-refractivity contribution in [1.29, 1.82) is 0 Å². The summed E-state index contributed by atoms with van der Waals surface area (Å²) >= 11 is 6.03. The van der Waals surface area contributed by atoms with E-state index in [2.05, 4.69) is 48.1 Å². The molecule has 5 nitrogen and oxygen atoms in total. The summed E-state index contributed by atoms with van der Waals surface area (Å²) in [5.74, 6) is -0.278. The number of aromatic amines is 1. The second-order valence-electron chi connectivity index (χ2n) is 6.61. The van der Waals surface area contributed by atoms with Gasteiger partial charge in [0.1, 0.15) is 5.56 Å². The van der Waals surface area contributed by atoms with Gasteiger partial charge < -0.3 is 5.73 Å². The van der Waals surface area contributed by atoms with E-state index in [0.717, 1.165) is 11.1 Å². The fraction of sp³-hybridized carbons (Fsp3) is 0.190. The maximum Gasteiger partial charge on any atom is 0.254 e. The average molecular weight is 381 g/mol. The molecule has 0 bridgehead atoms. The molecule has 0 aliphatic rings. The number of carbonyl (C=O) groups excluding carboxylic acids is 1. The van der Waals surface area contributed by atoms with E-state index < -0.39 is 5.91 Å². The quantitative estimate of drug-likeness (QED) is 0.642. The summed E-state index contributed by atoms with van der Waals surface area (Å²) in [6.45, 7) is 6.21. The molecular formula is C21H21ClN4O. The van der Waals surface area contributed by atoms with Crippen LogP contribution >= 0.6 is 11.6 Å². The molecule has 1 aromatic heterocycles. The van der Waals surface area contributed by atoms with Gasteiger partial charge in [-0.1, -0.05) is 35.9 Å². The molecule has 1 heterocycles. The zero-order valence-corrected chi connectivity index (χ0v) is 16.3. The Balaban J connectivity index is 1.92. The van der Waals surface area contributed by atoms with Crippen LogP contribution in [-0.4, -0.2) is 22.3 Å². The number of aliphatic imine (C=N–C) groups is 1. The topological polar surface area (TPSA) is 84.1 Å². The predicted octanol–water partition coefficient (Wildman–Crippen LogP) is 4.43. The zero-order chi connectivity index (χ0) is 19.6. The van der Waals surface area contributed by atoms with E-state index in [4.69, 9.17) is 17.3 Å². The Morgan fingerprint density at radius 3 is 2.56 bits per heavy atom.